The van der Waals surface area contributed by atoms with Crippen LogP contribution in [0, 0.1) is 0 Å². The Kier molecular flexibility index (Phi) is 5.63. The van der Waals surface area contributed by atoms with Gasteiger partial charge < -0.3 is 13.8 Å². The maximum absolute atomic E-state index is 15.1. The van der Waals surface area contributed by atoms with Gasteiger partial charge in [0, 0.05) is 6.20 Å². The summed E-state index contributed by atoms with van der Waals surface area (Å²) in [6.07, 6.45) is -8.79. The average molecular weight is 451 g/mol. The lowest BCUT2D eigenvalue weighted by molar-refractivity contribution is -0.204. The third kappa shape index (κ3) is 3.64. The van der Waals surface area contributed by atoms with E-state index < -0.39 is 66.2 Å². The van der Waals surface area contributed by atoms with Crippen LogP contribution in [0.15, 0.2) is 15.8 Å². The number of halogens is 4. The second-order valence-electron chi connectivity index (χ2n) is 6.25. The first kappa shape index (κ1) is 21.0. The van der Waals surface area contributed by atoms with Crippen LogP contribution in [-0.2, 0) is 30.1 Å². The van der Waals surface area contributed by atoms with Crippen molar-refractivity contribution in [1.82, 2.24) is 9.55 Å². The van der Waals surface area contributed by atoms with Crippen LogP contribution in [0.4, 0.5) is 13.2 Å². The van der Waals surface area contributed by atoms with Crippen molar-refractivity contribution in [3.8, 4) is 0 Å². The van der Waals surface area contributed by atoms with Gasteiger partial charge in [-0.2, -0.15) is 0 Å². The Labute approximate surface area is 160 Å². The van der Waals surface area contributed by atoms with Crippen LogP contribution in [0.3, 0.4) is 0 Å². The summed E-state index contributed by atoms with van der Waals surface area (Å²) < 4.78 is 64.3. The van der Waals surface area contributed by atoms with Gasteiger partial charge >= 0.3 is 12.4 Å². The Bertz CT molecular complexity index is 898. The second kappa shape index (κ2) is 7.25. The molecule has 0 spiro atoms. The number of fused-ring (bicyclic) bond motifs is 1. The molecule has 2 fully saturated rings. The largest absolute Gasteiger partial charge is 0.337 e. The molecule has 1 aromatic rings. The number of hydrogen-bond acceptors (Lipinski definition) is 7. The topological polar surface area (TPSA) is 91.8 Å². The lowest BCUT2D eigenvalue weighted by Crippen LogP contribution is -2.55. The van der Waals surface area contributed by atoms with E-state index in [1.807, 2.05) is 4.98 Å². The molecule has 5 atom stereocenters. The molecule has 0 aromatic carbocycles. The number of nitrogens with one attached hydrogen (secondary N) is 1. The average Bonchev–Trinajstić information content (AvgIpc) is 2.84. The summed E-state index contributed by atoms with van der Waals surface area (Å²) in [6.45, 7) is -1.04. The molecule has 1 aromatic heterocycles. The second-order valence-corrected chi connectivity index (χ2v) is 9.58. The predicted octanol–water partition coefficient (Wildman–Crippen LogP) is 2.13. The van der Waals surface area contributed by atoms with E-state index in [4.69, 9.17) is 41.7 Å². The van der Waals surface area contributed by atoms with E-state index in [0.29, 0.717) is 4.57 Å². The number of rotatable bonds is 4. The van der Waals surface area contributed by atoms with Crippen molar-refractivity contribution < 1.29 is 31.5 Å². The van der Waals surface area contributed by atoms with E-state index in [9.17, 15) is 18.4 Å². The Morgan fingerprint density at radius 2 is 2.15 bits per heavy atom. The zero-order valence-electron chi connectivity index (χ0n) is 13.9. The van der Waals surface area contributed by atoms with Gasteiger partial charge in [-0.1, -0.05) is 11.6 Å². The summed E-state index contributed by atoms with van der Waals surface area (Å²) in [5.74, 6) is 0. The molecule has 3 heterocycles. The molecule has 2 aliphatic heterocycles. The van der Waals surface area contributed by atoms with Gasteiger partial charge in [-0.3, -0.25) is 18.9 Å². The van der Waals surface area contributed by atoms with E-state index >= 15 is 4.39 Å². The fourth-order valence-electron chi connectivity index (χ4n) is 2.80. The van der Waals surface area contributed by atoms with Gasteiger partial charge in [-0.15, -0.1) is 0 Å². The maximum atomic E-state index is 15.1. The lowest BCUT2D eigenvalue weighted by atomic mass is 9.97. The lowest BCUT2D eigenvalue weighted by Gasteiger charge is -2.41. The Hall–Kier alpha value is -0.750. The molecule has 1 N–H and O–H groups in total. The predicted molar refractivity (Wildman–Crippen MR) is 91.4 cm³/mol. The molecule has 2 saturated heterocycles. The van der Waals surface area contributed by atoms with Crippen LogP contribution >= 0.6 is 18.3 Å². The number of ether oxygens (including phenoxy) is 1. The SMILES string of the molecule is CC(C)OP1(=S)OC[C@@]2(C(F)F)O[C@@H](n3cc(Cl)c(=O)[nH]c3=O)[C@H](F)[C@@H]2O1. The summed E-state index contributed by atoms with van der Waals surface area (Å²) >= 11 is 10.8. The van der Waals surface area contributed by atoms with Crippen molar-refractivity contribution in [1.29, 1.82) is 0 Å². The molecular weight excluding hydrogens is 436 g/mol. The highest BCUT2D eigenvalue weighted by molar-refractivity contribution is 8.07. The number of aromatic nitrogens is 2. The Morgan fingerprint density at radius 1 is 1.48 bits per heavy atom. The molecule has 0 aliphatic carbocycles. The number of nitrogens with zero attached hydrogens (tertiary/aromatic N) is 1. The monoisotopic (exact) mass is 450 g/mol. The highest BCUT2D eigenvalue weighted by Crippen LogP contribution is 2.61. The van der Waals surface area contributed by atoms with E-state index in [2.05, 4.69) is 0 Å². The first-order chi connectivity index (χ1) is 12.5. The van der Waals surface area contributed by atoms with Crippen LogP contribution in [0.2, 0.25) is 5.02 Å². The van der Waals surface area contributed by atoms with Gasteiger partial charge in [0.2, 0.25) is 0 Å². The Morgan fingerprint density at radius 3 is 2.74 bits per heavy atom. The molecule has 27 heavy (non-hydrogen) atoms. The molecule has 8 nitrogen and oxygen atoms in total. The maximum Gasteiger partial charge on any atom is 0.330 e. The molecular formula is C13H15ClF3N2O6PS. The Balaban J connectivity index is 2.01. The van der Waals surface area contributed by atoms with Crippen molar-refractivity contribution in [2.24, 2.45) is 0 Å². The highest BCUT2D eigenvalue weighted by Gasteiger charge is 2.67. The van der Waals surface area contributed by atoms with Gasteiger partial charge in [0.1, 0.15) is 11.1 Å². The number of H-pyrrole nitrogens is 1. The van der Waals surface area contributed by atoms with Crippen molar-refractivity contribution >= 4 is 30.1 Å². The summed E-state index contributed by atoms with van der Waals surface area (Å²) in [6, 6.07) is 0. The van der Waals surface area contributed by atoms with Gasteiger partial charge in [-0.25, -0.2) is 18.0 Å². The molecule has 0 amide bonds. The van der Waals surface area contributed by atoms with Crippen LogP contribution in [0.25, 0.3) is 0 Å². The van der Waals surface area contributed by atoms with Crippen molar-refractivity contribution in [2.75, 3.05) is 6.61 Å². The molecule has 14 heteroatoms. The minimum absolute atomic E-state index is 0.447. The smallest absolute Gasteiger partial charge is 0.330 e. The molecule has 0 radical (unpaired) electrons. The normalized spacial score (nSPS) is 36.4. The van der Waals surface area contributed by atoms with Crippen LogP contribution in [0.5, 0.6) is 0 Å². The molecule has 1 unspecified atom stereocenters. The number of hydrogen-bond donors (Lipinski definition) is 1. The van der Waals surface area contributed by atoms with Gasteiger partial charge in [0.25, 0.3) is 12.0 Å². The zero-order chi connectivity index (χ0) is 20.1. The molecule has 2 aliphatic rings. The zero-order valence-corrected chi connectivity index (χ0v) is 16.4. The number of alkyl halides is 3. The molecule has 3 rings (SSSR count). The first-order valence-corrected chi connectivity index (χ1v) is 10.6. The first-order valence-electron chi connectivity index (χ1n) is 7.71. The minimum atomic E-state index is -3.50. The van der Waals surface area contributed by atoms with E-state index in [-0.39, 0.29) is 0 Å². The van der Waals surface area contributed by atoms with E-state index in [1.165, 1.54) is 0 Å². The minimum Gasteiger partial charge on any atom is -0.337 e. The standard InChI is InChI=1S/C13H15ClF3N2O6PS/c1-5(2)24-26(27)22-4-13(11(16)17)8(25-26)7(15)10(23-13)19-3-6(14)9(20)18-12(19)21/h3,5,7-8,10-11H,4H2,1-2H3,(H,18,20,21)/t7-,8+,10-,13-,26?/m1/s1. The molecule has 0 saturated carbocycles. The van der Waals surface area contributed by atoms with Crippen LogP contribution in [0.1, 0.15) is 20.1 Å². The fraction of sp³-hybridized carbons (Fsp3) is 0.692. The summed E-state index contributed by atoms with van der Waals surface area (Å²) in [7, 11) is 0. The van der Waals surface area contributed by atoms with Gasteiger partial charge in [0.05, 0.1) is 12.7 Å². The van der Waals surface area contributed by atoms with E-state index in [0.717, 1.165) is 6.20 Å². The van der Waals surface area contributed by atoms with Gasteiger partial charge in [-0.05, 0) is 25.7 Å². The number of aromatic amines is 1. The molecule has 0 bridgehead atoms. The van der Waals surface area contributed by atoms with Crippen molar-refractivity contribution in [3.63, 3.8) is 0 Å². The van der Waals surface area contributed by atoms with Gasteiger partial charge in [0.15, 0.2) is 18.0 Å². The van der Waals surface area contributed by atoms with Crippen molar-refractivity contribution in [2.45, 2.75) is 50.5 Å². The quantitative estimate of drug-likeness (QED) is 0.703. The third-order valence-electron chi connectivity index (χ3n) is 3.98. The molecule has 152 valence electrons. The van der Waals surface area contributed by atoms with E-state index in [1.54, 1.807) is 13.8 Å². The highest BCUT2D eigenvalue weighted by atomic mass is 35.5. The summed E-state index contributed by atoms with van der Waals surface area (Å²) in [5, 5.41) is -0.447. The summed E-state index contributed by atoms with van der Waals surface area (Å²) in [4.78, 5) is 25.2. The van der Waals surface area contributed by atoms with Crippen molar-refractivity contribution in [3.05, 3.63) is 32.1 Å². The fourth-order valence-corrected chi connectivity index (χ4v) is 5.53. The van der Waals surface area contributed by atoms with Crippen LogP contribution < -0.4 is 11.2 Å². The van der Waals surface area contributed by atoms with Crippen LogP contribution in [-0.4, -0.2) is 46.6 Å². The summed E-state index contributed by atoms with van der Waals surface area (Å²) in [5.41, 5.74) is -4.50. The third-order valence-corrected chi connectivity index (χ3v) is 6.69.